The third-order valence-corrected chi connectivity index (χ3v) is 3.93. The molecule has 22 heavy (non-hydrogen) atoms. The number of amides is 1. The van der Waals surface area contributed by atoms with Gasteiger partial charge in [0.05, 0.1) is 12.7 Å². The highest BCUT2D eigenvalue weighted by Gasteiger charge is 2.43. The van der Waals surface area contributed by atoms with Crippen LogP contribution in [0.3, 0.4) is 0 Å². The minimum Gasteiger partial charge on any atom is -0.465 e. The minimum absolute atomic E-state index is 0.0275. The Morgan fingerprint density at radius 2 is 1.73 bits per heavy atom. The number of nitrogens with one attached hydrogen (secondary N) is 1. The van der Waals surface area contributed by atoms with Crippen LogP contribution in [0.5, 0.6) is 0 Å². The van der Waals surface area contributed by atoms with Crippen molar-refractivity contribution in [3.05, 3.63) is 65.7 Å². The highest BCUT2D eigenvalue weighted by molar-refractivity contribution is 5.96. The summed E-state index contributed by atoms with van der Waals surface area (Å²) in [5, 5.41) is 2.90. The number of hydrogen-bond donors (Lipinski definition) is 1. The summed E-state index contributed by atoms with van der Waals surface area (Å²) in [6.07, 6.45) is 0.885. The van der Waals surface area contributed by atoms with Crippen molar-refractivity contribution in [3.63, 3.8) is 0 Å². The van der Waals surface area contributed by atoms with Gasteiger partial charge in [-0.2, -0.15) is 0 Å². The fourth-order valence-corrected chi connectivity index (χ4v) is 2.60. The Morgan fingerprint density at radius 3 is 2.36 bits per heavy atom. The molecule has 3 rings (SSSR count). The van der Waals surface area contributed by atoms with Gasteiger partial charge in [-0.1, -0.05) is 30.3 Å². The molecule has 1 saturated carbocycles. The van der Waals surface area contributed by atoms with Gasteiger partial charge in [-0.25, -0.2) is 4.79 Å². The highest BCUT2D eigenvalue weighted by Crippen LogP contribution is 2.47. The summed E-state index contributed by atoms with van der Waals surface area (Å²) in [4.78, 5) is 23.6. The monoisotopic (exact) mass is 295 g/mol. The van der Waals surface area contributed by atoms with Crippen LogP contribution in [0.2, 0.25) is 0 Å². The van der Waals surface area contributed by atoms with Crippen LogP contribution in [0.4, 0.5) is 5.69 Å². The predicted molar refractivity (Wildman–Crippen MR) is 83.7 cm³/mol. The zero-order valence-electron chi connectivity index (χ0n) is 12.3. The van der Waals surface area contributed by atoms with E-state index < -0.39 is 0 Å². The number of anilines is 1. The summed E-state index contributed by atoms with van der Waals surface area (Å²) in [5.41, 5.74) is 2.37. The molecule has 0 heterocycles. The van der Waals surface area contributed by atoms with Crippen LogP contribution in [0.15, 0.2) is 54.6 Å². The number of esters is 1. The Kier molecular flexibility index (Phi) is 3.92. The quantitative estimate of drug-likeness (QED) is 0.881. The second kappa shape index (κ2) is 6.02. The van der Waals surface area contributed by atoms with E-state index in [9.17, 15) is 9.59 Å². The van der Waals surface area contributed by atoms with Crippen LogP contribution in [0.25, 0.3) is 0 Å². The molecule has 1 aliphatic carbocycles. The van der Waals surface area contributed by atoms with Crippen molar-refractivity contribution in [2.75, 3.05) is 12.4 Å². The lowest BCUT2D eigenvalue weighted by molar-refractivity contribution is -0.117. The first-order valence-electron chi connectivity index (χ1n) is 7.23. The van der Waals surface area contributed by atoms with Crippen LogP contribution < -0.4 is 5.32 Å². The largest absolute Gasteiger partial charge is 0.465 e. The molecule has 0 saturated heterocycles. The molecule has 1 fully saturated rings. The normalized spacial score (nSPS) is 19.3. The average molecular weight is 295 g/mol. The van der Waals surface area contributed by atoms with Crippen LogP contribution in [-0.4, -0.2) is 19.0 Å². The maximum atomic E-state index is 12.2. The van der Waals surface area contributed by atoms with Crippen LogP contribution in [-0.2, 0) is 9.53 Å². The first kappa shape index (κ1) is 14.3. The van der Waals surface area contributed by atoms with Gasteiger partial charge < -0.3 is 10.1 Å². The minimum atomic E-state index is -0.385. The van der Waals surface area contributed by atoms with Crippen LogP contribution >= 0.6 is 0 Å². The molecule has 2 atom stereocenters. The molecule has 1 amide bonds. The summed E-state index contributed by atoms with van der Waals surface area (Å²) in [6.45, 7) is 0. The second-order valence-electron chi connectivity index (χ2n) is 5.42. The van der Waals surface area contributed by atoms with Crippen LogP contribution in [0.1, 0.15) is 28.3 Å². The molecule has 4 heteroatoms. The van der Waals surface area contributed by atoms with Gasteiger partial charge in [0.15, 0.2) is 0 Å². The third-order valence-electron chi connectivity index (χ3n) is 3.93. The van der Waals surface area contributed by atoms with Crippen molar-refractivity contribution in [1.29, 1.82) is 0 Å². The number of rotatable bonds is 4. The van der Waals surface area contributed by atoms with Gasteiger partial charge >= 0.3 is 5.97 Å². The Balaban J connectivity index is 1.60. The zero-order chi connectivity index (χ0) is 15.5. The SMILES string of the molecule is COC(=O)c1ccc(NC(=O)[C@@H]2C[C@@H]2c2ccccc2)cc1. The smallest absolute Gasteiger partial charge is 0.337 e. The van der Waals surface area contributed by atoms with E-state index in [1.165, 1.54) is 12.7 Å². The number of hydrogen-bond acceptors (Lipinski definition) is 3. The Labute approximate surface area is 129 Å². The molecule has 112 valence electrons. The fraction of sp³-hybridized carbons (Fsp3) is 0.222. The molecule has 2 aromatic rings. The number of ether oxygens (including phenoxy) is 1. The zero-order valence-corrected chi connectivity index (χ0v) is 12.3. The first-order chi connectivity index (χ1) is 10.7. The van der Waals surface area contributed by atoms with Gasteiger partial charge in [0.1, 0.15) is 0 Å². The van der Waals surface area contributed by atoms with Gasteiger partial charge in [-0.15, -0.1) is 0 Å². The van der Waals surface area contributed by atoms with Crippen molar-refractivity contribution in [3.8, 4) is 0 Å². The molecule has 1 N–H and O–H groups in total. The summed E-state index contributed by atoms with van der Waals surface area (Å²) in [7, 11) is 1.34. The van der Waals surface area contributed by atoms with Crippen molar-refractivity contribution in [1.82, 2.24) is 0 Å². The lowest BCUT2D eigenvalue weighted by atomic mass is 10.1. The van der Waals surface area contributed by atoms with Gasteiger partial charge in [0.25, 0.3) is 0 Å². The van der Waals surface area contributed by atoms with E-state index in [4.69, 9.17) is 0 Å². The van der Waals surface area contributed by atoms with Gasteiger partial charge in [-0.05, 0) is 42.2 Å². The summed E-state index contributed by atoms with van der Waals surface area (Å²) in [6, 6.07) is 16.8. The van der Waals surface area contributed by atoms with Crippen LogP contribution in [0, 0.1) is 5.92 Å². The first-order valence-corrected chi connectivity index (χ1v) is 7.23. The average Bonchev–Trinajstić information content (AvgIpc) is 3.36. The molecule has 0 aromatic heterocycles. The summed E-state index contributed by atoms with van der Waals surface area (Å²) >= 11 is 0. The van der Waals surface area contributed by atoms with Crippen molar-refractivity contribution in [2.24, 2.45) is 5.92 Å². The summed E-state index contributed by atoms with van der Waals surface area (Å²) in [5.74, 6) is -0.0119. The molecule has 0 radical (unpaired) electrons. The van der Waals surface area contributed by atoms with Gasteiger partial charge in [0, 0.05) is 11.6 Å². The van der Waals surface area contributed by atoms with Crippen molar-refractivity contribution < 1.29 is 14.3 Å². The number of carbonyl (C=O) groups excluding carboxylic acids is 2. The maximum absolute atomic E-state index is 12.2. The van der Waals surface area contributed by atoms with E-state index in [2.05, 4.69) is 22.2 Å². The molecule has 0 spiro atoms. The van der Waals surface area contributed by atoms with E-state index >= 15 is 0 Å². The number of benzene rings is 2. The Bertz CT molecular complexity index is 679. The standard InChI is InChI=1S/C18H17NO3/c1-22-18(21)13-7-9-14(10-8-13)19-17(20)16-11-15(16)12-5-3-2-4-6-12/h2-10,15-16H,11H2,1H3,(H,19,20)/t15-,16-/m1/s1. The second-order valence-corrected chi connectivity index (χ2v) is 5.42. The molecule has 0 bridgehead atoms. The molecular weight excluding hydrogens is 278 g/mol. The van der Waals surface area contributed by atoms with E-state index in [-0.39, 0.29) is 17.8 Å². The number of carbonyl (C=O) groups is 2. The molecule has 0 aliphatic heterocycles. The van der Waals surface area contributed by atoms with E-state index in [1.54, 1.807) is 24.3 Å². The lowest BCUT2D eigenvalue weighted by Crippen LogP contribution is -2.14. The Morgan fingerprint density at radius 1 is 1.05 bits per heavy atom. The lowest BCUT2D eigenvalue weighted by Gasteiger charge is -2.06. The van der Waals surface area contributed by atoms with Gasteiger partial charge in [-0.3, -0.25) is 4.79 Å². The molecule has 4 nitrogen and oxygen atoms in total. The fourth-order valence-electron chi connectivity index (χ4n) is 2.60. The molecule has 1 aliphatic rings. The van der Waals surface area contributed by atoms with Crippen molar-refractivity contribution >= 4 is 17.6 Å². The van der Waals surface area contributed by atoms with E-state index in [1.807, 2.05) is 18.2 Å². The van der Waals surface area contributed by atoms with Crippen molar-refractivity contribution in [2.45, 2.75) is 12.3 Å². The Hall–Kier alpha value is -2.62. The highest BCUT2D eigenvalue weighted by atomic mass is 16.5. The molecule has 0 unspecified atom stereocenters. The molecule has 2 aromatic carbocycles. The third kappa shape index (κ3) is 3.01. The maximum Gasteiger partial charge on any atom is 0.337 e. The van der Waals surface area contributed by atoms with E-state index in [0.29, 0.717) is 17.2 Å². The molecular formula is C18H17NO3. The topological polar surface area (TPSA) is 55.4 Å². The van der Waals surface area contributed by atoms with E-state index in [0.717, 1.165) is 6.42 Å². The van der Waals surface area contributed by atoms with Gasteiger partial charge in [0.2, 0.25) is 5.91 Å². The predicted octanol–water partition coefficient (Wildman–Crippen LogP) is 3.22. The summed E-state index contributed by atoms with van der Waals surface area (Å²) < 4.78 is 4.64. The number of methoxy groups -OCH3 is 1.